The van der Waals surface area contributed by atoms with Gasteiger partial charge in [0.15, 0.2) is 0 Å². The molecule has 18 heavy (non-hydrogen) atoms. The Hall–Kier alpha value is -1.86. The van der Waals surface area contributed by atoms with E-state index in [9.17, 15) is 13.5 Å². The van der Waals surface area contributed by atoms with Gasteiger partial charge >= 0.3 is 0 Å². The van der Waals surface area contributed by atoms with Crippen molar-refractivity contribution in [2.45, 2.75) is 11.3 Å². The number of rotatable bonds is 5. The summed E-state index contributed by atoms with van der Waals surface area (Å²) in [7, 11) is -3.68. The Morgan fingerprint density at radius 1 is 1.33 bits per heavy atom. The van der Waals surface area contributed by atoms with E-state index in [4.69, 9.17) is 0 Å². The summed E-state index contributed by atoms with van der Waals surface area (Å²) in [6.07, 6.45) is 3.67. The lowest BCUT2D eigenvalue weighted by molar-refractivity contribution is 0.458. The second-order valence-electron chi connectivity index (χ2n) is 3.69. The fraction of sp³-hybridized carbons (Fsp3) is 0.182. The zero-order valence-corrected chi connectivity index (χ0v) is 10.3. The molecule has 0 spiro atoms. The Bertz CT molecular complexity index is 608. The van der Waals surface area contributed by atoms with Crippen molar-refractivity contribution in [1.82, 2.24) is 14.7 Å². The van der Waals surface area contributed by atoms with Gasteiger partial charge in [-0.1, -0.05) is 12.1 Å². The molecule has 0 atom stereocenters. The van der Waals surface area contributed by atoms with Crippen LogP contribution in [0.1, 0.15) is 5.69 Å². The third-order valence-corrected chi connectivity index (χ3v) is 3.90. The molecule has 3 N–H and O–H groups in total. The number of phenolic OH excluding ortho intramolecular Hbond substituents is 1. The third-order valence-electron chi connectivity index (χ3n) is 2.40. The number of aromatic hydroxyl groups is 1. The van der Waals surface area contributed by atoms with Gasteiger partial charge in [-0.2, -0.15) is 0 Å². The predicted molar refractivity (Wildman–Crippen MR) is 65.6 cm³/mol. The van der Waals surface area contributed by atoms with Crippen LogP contribution in [0.25, 0.3) is 0 Å². The first kappa shape index (κ1) is 12.6. The number of hydrogen-bond donors (Lipinski definition) is 3. The maximum Gasteiger partial charge on any atom is 0.244 e. The molecule has 0 unspecified atom stereocenters. The van der Waals surface area contributed by atoms with E-state index in [1.807, 2.05) is 0 Å². The second-order valence-corrected chi connectivity index (χ2v) is 5.43. The zero-order chi connectivity index (χ0) is 13.0. The number of aromatic amines is 1. The molecule has 2 aromatic rings. The van der Waals surface area contributed by atoms with Crippen molar-refractivity contribution in [2.75, 3.05) is 6.54 Å². The summed E-state index contributed by atoms with van der Waals surface area (Å²) in [6.45, 7) is 0.235. The van der Waals surface area contributed by atoms with Crippen LogP contribution in [0, 0.1) is 0 Å². The number of H-pyrrole nitrogens is 1. The van der Waals surface area contributed by atoms with Crippen LogP contribution in [0.3, 0.4) is 0 Å². The van der Waals surface area contributed by atoms with Crippen LogP contribution in [0.2, 0.25) is 0 Å². The molecule has 7 heteroatoms. The minimum absolute atomic E-state index is 0.116. The molecular formula is C11H13N3O3S. The highest BCUT2D eigenvalue weighted by atomic mass is 32.2. The molecule has 96 valence electrons. The summed E-state index contributed by atoms with van der Waals surface area (Å²) in [5.41, 5.74) is 0.843. The standard InChI is InChI=1S/C11H13N3O3S/c15-10-3-1-2-4-11(10)18(16,17)14-6-5-9-7-12-8-13-9/h1-4,7-8,14-15H,5-6H2,(H,12,13). The molecule has 0 fully saturated rings. The lowest BCUT2D eigenvalue weighted by atomic mass is 10.3. The molecular weight excluding hydrogens is 254 g/mol. The molecule has 0 aliphatic rings. The maximum atomic E-state index is 11.9. The van der Waals surface area contributed by atoms with Gasteiger partial charge in [-0.05, 0) is 12.1 Å². The summed E-state index contributed by atoms with van der Waals surface area (Å²) in [6, 6.07) is 5.82. The number of imidazole rings is 1. The quantitative estimate of drug-likeness (QED) is 0.740. The summed E-state index contributed by atoms with van der Waals surface area (Å²) >= 11 is 0. The zero-order valence-electron chi connectivity index (χ0n) is 9.50. The van der Waals surface area contributed by atoms with Crippen molar-refractivity contribution >= 4 is 10.0 Å². The number of phenols is 1. The largest absolute Gasteiger partial charge is 0.507 e. The highest BCUT2D eigenvalue weighted by Crippen LogP contribution is 2.20. The minimum atomic E-state index is -3.68. The van der Waals surface area contributed by atoms with Gasteiger partial charge < -0.3 is 10.1 Å². The van der Waals surface area contributed by atoms with Crippen molar-refractivity contribution in [2.24, 2.45) is 0 Å². The molecule has 0 aliphatic carbocycles. The Morgan fingerprint density at radius 3 is 2.78 bits per heavy atom. The van der Waals surface area contributed by atoms with E-state index >= 15 is 0 Å². The van der Waals surface area contributed by atoms with Gasteiger partial charge in [0.1, 0.15) is 10.6 Å². The highest BCUT2D eigenvalue weighted by molar-refractivity contribution is 7.89. The first-order valence-electron chi connectivity index (χ1n) is 5.34. The van der Waals surface area contributed by atoms with Crippen LogP contribution in [-0.2, 0) is 16.4 Å². The smallest absolute Gasteiger partial charge is 0.244 e. The summed E-state index contributed by atoms with van der Waals surface area (Å²) in [5.74, 6) is -0.258. The van der Waals surface area contributed by atoms with Gasteiger partial charge in [-0.3, -0.25) is 0 Å². The number of aromatic nitrogens is 2. The highest BCUT2D eigenvalue weighted by Gasteiger charge is 2.17. The molecule has 0 amide bonds. The van der Waals surface area contributed by atoms with Crippen molar-refractivity contribution in [1.29, 1.82) is 0 Å². The lowest BCUT2D eigenvalue weighted by Crippen LogP contribution is -2.26. The molecule has 0 saturated carbocycles. The molecule has 6 nitrogen and oxygen atoms in total. The molecule has 0 saturated heterocycles. The van der Waals surface area contributed by atoms with Crippen LogP contribution >= 0.6 is 0 Å². The number of nitrogens with one attached hydrogen (secondary N) is 2. The third kappa shape index (κ3) is 2.88. The number of nitrogens with zero attached hydrogens (tertiary/aromatic N) is 1. The van der Waals surface area contributed by atoms with Crippen molar-refractivity contribution < 1.29 is 13.5 Å². The summed E-state index contributed by atoms with van der Waals surface area (Å²) < 4.78 is 26.2. The number of sulfonamides is 1. The molecule has 2 rings (SSSR count). The fourth-order valence-corrected chi connectivity index (χ4v) is 2.63. The molecule has 0 bridgehead atoms. The van der Waals surface area contributed by atoms with Gasteiger partial charge in [0.2, 0.25) is 10.0 Å². The molecule has 1 aromatic heterocycles. The van der Waals surface area contributed by atoms with Crippen LogP contribution < -0.4 is 4.72 Å². The van der Waals surface area contributed by atoms with Gasteiger partial charge in [-0.25, -0.2) is 18.1 Å². The van der Waals surface area contributed by atoms with E-state index < -0.39 is 10.0 Å². The molecule has 0 radical (unpaired) electrons. The van der Waals surface area contributed by atoms with Gasteiger partial charge in [0.05, 0.1) is 6.33 Å². The van der Waals surface area contributed by atoms with E-state index in [0.717, 1.165) is 5.69 Å². The average molecular weight is 267 g/mol. The topological polar surface area (TPSA) is 95.1 Å². The van der Waals surface area contributed by atoms with E-state index in [0.29, 0.717) is 6.42 Å². The fourth-order valence-electron chi connectivity index (χ4n) is 1.50. The number of para-hydroxylation sites is 1. The van der Waals surface area contributed by atoms with E-state index in [2.05, 4.69) is 14.7 Å². The average Bonchev–Trinajstić information content (AvgIpc) is 2.82. The first-order chi connectivity index (χ1) is 8.59. The first-order valence-corrected chi connectivity index (χ1v) is 6.83. The van der Waals surface area contributed by atoms with Crippen LogP contribution in [-0.4, -0.2) is 30.0 Å². The molecule has 1 aromatic carbocycles. The molecule has 1 heterocycles. The van der Waals surface area contributed by atoms with E-state index in [1.165, 1.54) is 18.5 Å². The van der Waals surface area contributed by atoms with Gasteiger partial charge in [-0.15, -0.1) is 0 Å². The van der Waals surface area contributed by atoms with Crippen molar-refractivity contribution in [3.63, 3.8) is 0 Å². The van der Waals surface area contributed by atoms with Gasteiger partial charge in [0.25, 0.3) is 0 Å². The van der Waals surface area contributed by atoms with E-state index in [-0.39, 0.29) is 17.2 Å². The Labute approximate surface area is 105 Å². The monoisotopic (exact) mass is 267 g/mol. The number of hydrogen-bond acceptors (Lipinski definition) is 4. The van der Waals surface area contributed by atoms with E-state index in [1.54, 1.807) is 18.3 Å². The van der Waals surface area contributed by atoms with Crippen LogP contribution in [0.15, 0.2) is 41.7 Å². The Morgan fingerprint density at radius 2 is 2.11 bits per heavy atom. The molecule has 0 aliphatic heterocycles. The lowest BCUT2D eigenvalue weighted by Gasteiger charge is -2.07. The second kappa shape index (κ2) is 5.19. The summed E-state index contributed by atoms with van der Waals surface area (Å²) in [4.78, 5) is 6.60. The Kier molecular flexibility index (Phi) is 3.63. The maximum absolute atomic E-state index is 11.9. The van der Waals surface area contributed by atoms with Crippen LogP contribution in [0.5, 0.6) is 5.75 Å². The summed E-state index contributed by atoms with van der Waals surface area (Å²) in [5, 5.41) is 9.49. The number of benzene rings is 1. The SMILES string of the molecule is O=S(=O)(NCCc1cnc[nH]1)c1ccccc1O. The van der Waals surface area contributed by atoms with Crippen LogP contribution in [0.4, 0.5) is 0 Å². The Balaban J connectivity index is 2.02. The van der Waals surface area contributed by atoms with Crippen molar-refractivity contribution in [3.8, 4) is 5.75 Å². The predicted octanol–water partition coefficient (Wildman–Crippen LogP) is 0.636. The van der Waals surface area contributed by atoms with Crippen molar-refractivity contribution in [3.05, 3.63) is 42.5 Å². The minimum Gasteiger partial charge on any atom is -0.507 e. The normalized spacial score (nSPS) is 11.6. The van der Waals surface area contributed by atoms with Gasteiger partial charge in [0, 0.05) is 24.9 Å².